The van der Waals surface area contributed by atoms with Crippen LogP contribution in [0.3, 0.4) is 0 Å². The van der Waals surface area contributed by atoms with Crippen LogP contribution in [0.4, 0.5) is 14.5 Å². The molecule has 10 heteroatoms. The average Bonchev–Trinajstić information content (AvgIpc) is 3.32. The van der Waals surface area contributed by atoms with Gasteiger partial charge in [-0.25, -0.2) is 17.2 Å². The first-order chi connectivity index (χ1) is 18.5. The topological polar surface area (TPSA) is 98.7 Å². The Labute approximate surface area is 227 Å². The molecule has 1 aliphatic rings. The van der Waals surface area contributed by atoms with Crippen LogP contribution >= 0.6 is 0 Å². The van der Waals surface area contributed by atoms with Crippen molar-refractivity contribution in [2.24, 2.45) is 0 Å². The number of aliphatic hydroxyl groups excluding tert-OH is 1. The molecule has 208 valence electrons. The third kappa shape index (κ3) is 7.40. The number of aryl methyl sites for hydroxylation is 1. The van der Waals surface area contributed by atoms with Gasteiger partial charge in [0.2, 0.25) is 10.0 Å². The Balaban J connectivity index is 1.49. The lowest BCUT2D eigenvalue weighted by atomic mass is 9.99. The van der Waals surface area contributed by atoms with E-state index in [0.29, 0.717) is 36.3 Å². The molecular formula is C29H33F2N3O4S. The van der Waals surface area contributed by atoms with E-state index in [-0.39, 0.29) is 13.0 Å². The van der Waals surface area contributed by atoms with Crippen LogP contribution in [0.25, 0.3) is 0 Å². The summed E-state index contributed by atoms with van der Waals surface area (Å²) in [5, 5.41) is 17.0. The fourth-order valence-corrected chi connectivity index (χ4v) is 5.80. The van der Waals surface area contributed by atoms with Gasteiger partial charge in [-0.3, -0.25) is 9.10 Å². The van der Waals surface area contributed by atoms with Crippen LogP contribution < -0.4 is 14.9 Å². The van der Waals surface area contributed by atoms with Crippen molar-refractivity contribution in [2.75, 3.05) is 23.7 Å². The number of carbonyl (C=O) groups excluding carboxylic acids is 1. The lowest BCUT2D eigenvalue weighted by Gasteiger charge is -2.25. The molecule has 0 aromatic heterocycles. The molecule has 0 spiro atoms. The van der Waals surface area contributed by atoms with Gasteiger partial charge < -0.3 is 15.7 Å². The number of hydrogen-bond donors (Lipinski definition) is 3. The van der Waals surface area contributed by atoms with Crippen molar-refractivity contribution in [3.05, 3.63) is 100 Å². The van der Waals surface area contributed by atoms with Crippen LogP contribution in [0.2, 0.25) is 0 Å². The highest BCUT2D eigenvalue weighted by molar-refractivity contribution is 7.92. The standard InChI is InChI=1S/C29H33F2N3O4S/c1-3-19-5-4-6-20(11-19)17-32-18-28(35)26(14-21-12-24(30)16-25(31)13-21)33-29(36)23-7-8-27-22(15-23)9-10-34(27)39(2,37)38/h4-8,11-13,15-16,26,28,32,35H,3,9-10,14,17-18H2,1-2H3,(H,33,36)/t26-,28+/m0/s1. The molecule has 0 saturated carbocycles. The van der Waals surface area contributed by atoms with Crippen LogP contribution in [0.15, 0.2) is 60.7 Å². The smallest absolute Gasteiger partial charge is 0.251 e. The van der Waals surface area contributed by atoms with Gasteiger partial charge in [0.05, 0.1) is 24.1 Å². The molecule has 3 N–H and O–H groups in total. The largest absolute Gasteiger partial charge is 0.390 e. The summed E-state index contributed by atoms with van der Waals surface area (Å²) in [6.07, 6.45) is 1.45. The monoisotopic (exact) mass is 557 g/mol. The molecular weight excluding hydrogens is 524 g/mol. The molecule has 0 saturated heterocycles. The van der Waals surface area contributed by atoms with E-state index in [1.807, 2.05) is 18.2 Å². The van der Waals surface area contributed by atoms with Crippen LogP contribution in [0.1, 0.15) is 39.5 Å². The molecule has 3 aromatic rings. The maximum absolute atomic E-state index is 13.9. The summed E-state index contributed by atoms with van der Waals surface area (Å²) in [5.41, 5.74) is 4.12. The summed E-state index contributed by atoms with van der Waals surface area (Å²) in [6.45, 7) is 3.01. The number of benzene rings is 3. The van der Waals surface area contributed by atoms with Crippen molar-refractivity contribution in [1.82, 2.24) is 10.6 Å². The number of halogens is 2. The molecule has 2 atom stereocenters. The Morgan fingerprint density at radius 3 is 2.44 bits per heavy atom. The van der Waals surface area contributed by atoms with Crippen molar-refractivity contribution in [2.45, 2.75) is 44.9 Å². The van der Waals surface area contributed by atoms with Crippen LogP contribution in [0.5, 0.6) is 0 Å². The van der Waals surface area contributed by atoms with Crippen LogP contribution in [-0.4, -0.2) is 50.9 Å². The number of fused-ring (bicyclic) bond motifs is 1. The summed E-state index contributed by atoms with van der Waals surface area (Å²) >= 11 is 0. The van der Waals surface area contributed by atoms with E-state index in [1.165, 1.54) is 28.1 Å². The lowest BCUT2D eigenvalue weighted by Crippen LogP contribution is -2.48. The summed E-state index contributed by atoms with van der Waals surface area (Å²) < 4.78 is 53.1. The molecule has 39 heavy (non-hydrogen) atoms. The second-order valence-corrected chi connectivity index (χ2v) is 11.8. The SMILES string of the molecule is CCc1cccc(CNC[C@@H](O)[C@H](Cc2cc(F)cc(F)c2)NC(=O)c2ccc3c(c2)CCN3S(C)(=O)=O)c1. The normalized spacial score (nSPS) is 14.6. The van der Waals surface area contributed by atoms with E-state index >= 15 is 0 Å². The Morgan fingerprint density at radius 1 is 1.03 bits per heavy atom. The maximum Gasteiger partial charge on any atom is 0.251 e. The number of aliphatic hydroxyl groups is 1. The molecule has 0 unspecified atom stereocenters. The molecule has 3 aromatic carbocycles. The second kappa shape index (κ2) is 12.2. The quantitative estimate of drug-likeness (QED) is 0.336. The van der Waals surface area contributed by atoms with Gasteiger partial charge in [0.25, 0.3) is 5.91 Å². The predicted molar refractivity (Wildman–Crippen MR) is 147 cm³/mol. The van der Waals surface area contributed by atoms with Gasteiger partial charge in [0.15, 0.2) is 0 Å². The zero-order chi connectivity index (χ0) is 28.2. The summed E-state index contributed by atoms with van der Waals surface area (Å²) in [6, 6.07) is 15.1. The first kappa shape index (κ1) is 28.7. The molecule has 0 aliphatic carbocycles. The Bertz CT molecular complexity index is 1430. The van der Waals surface area contributed by atoms with Crippen molar-refractivity contribution in [3.8, 4) is 0 Å². The van der Waals surface area contributed by atoms with Crippen molar-refractivity contribution in [3.63, 3.8) is 0 Å². The first-order valence-electron chi connectivity index (χ1n) is 12.9. The molecule has 1 aliphatic heterocycles. The van der Waals surface area contributed by atoms with Gasteiger partial charge in [0, 0.05) is 31.3 Å². The van der Waals surface area contributed by atoms with Gasteiger partial charge in [-0.05, 0) is 71.8 Å². The fourth-order valence-electron chi connectivity index (χ4n) is 4.84. The van der Waals surface area contributed by atoms with E-state index < -0.39 is 39.7 Å². The van der Waals surface area contributed by atoms with Crippen molar-refractivity contribution in [1.29, 1.82) is 0 Å². The Morgan fingerprint density at radius 2 is 1.74 bits per heavy atom. The summed E-state index contributed by atoms with van der Waals surface area (Å²) in [7, 11) is -3.42. The number of nitrogens with one attached hydrogen (secondary N) is 2. The Kier molecular flexibility index (Phi) is 8.99. The highest BCUT2D eigenvalue weighted by Gasteiger charge is 2.28. The minimum absolute atomic E-state index is 0.00137. The molecule has 0 bridgehead atoms. The van der Waals surface area contributed by atoms with Crippen LogP contribution in [-0.2, 0) is 35.8 Å². The molecule has 4 rings (SSSR count). The number of hydrogen-bond acceptors (Lipinski definition) is 5. The van der Waals surface area contributed by atoms with Gasteiger partial charge in [-0.2, -0.15) is 0 Å². The summed E-state index contributed by atoms with van der Waals surface area (Å²) in [5.74, 6) is -1.97. The minimum Gasteiger partial charge on any atom is -0.390 e. The van der Waals surface area contributed by atoms with Crippen molar-refractivity contribution < 1.29 is 27.1 Å². The van der Waals surface area contributed by atoms with E-state index in [1.54, 1.807) is 12.1 Å². The summed E-state index contributed by atoms with van der Waals surface area (Å²) in [4.78, 5) is 13.2. The number of nitrogens with zero attached hydrogens (tertiary/aromatic N) is 1. The average molecular weight is 558 g/mol. The van der Waals surface area contributed by atoms with Gasteiger partial charge in [-0.1, -0.05) is 31.2 Å². The van der Waals surface area contributed by atoms with E-state index in [2.05, 4.69) is 23.6 Å². The Hall–Kier alpha value is -3.34. The third-order valence-electron chi connectivity index (χ3n) is 6.84. The number of rotatable bonds is 11. The first-order valence-corrected chi connectivity index (χ1v) is 14.7. The van der Waals surface area contributed by atoms with Gasteiger partial charge in [-0.15, -0.1) is 0 Å². The number of anilines is 1. The molecule has 1 heterocycles. The van der Waals surface area contributed by atoms with E-state index in [9.17, 15) is 27.1 Å². The van der Waals surface area contributed by atoms with Gasteiger partial charge >= 0.3 is 0 Å². The molecule has 7 nitrogen and oxygen atoms in total. The highest BCUT2D eigenvalue weighted by atomic mass is 32.2. The van der Waals surface area contributed by atoms with E-state index in [4.69, 9.17) is 0 Å². The fraction of sp³-hybridized carbons (Fsp3) is 0.345. The minimum atomic E-state index is -3.42. The highest BCUT2D eigenvalue weighted by Crippen LogP contribution is 2.30. The lowest BCUT2D eigenvalue weighted by molar-refractivity contribution is 0.0829. The van der Waals surface area contributed by atoms with Crippen LogP contribution in [0, 0.1) is 11.6 Å². The zero-order valence-corrected chi connectivity index (χ0v) is 22.8. The molecule has 0 radical (unpaired) electrons. The van der Waals surface area contributed by atoms with E-state index in [0.717, 1.165) is 29.9 Å². The van der Waals surface area contributed by atoms with Crippen molar-refractivity contribution >= 4 is 21.6 Å². The zero-order valence-electron chi connectivity index (χ0n) is 22.0. The number of sulfonamides is 1. The molecule has 1 amide bonds. The molecule has 0 fully saturated rings. The predicted octanol–water partition coefficient (Wildman–Crippen LogP) is 3.34. The number of carbonyl (C=O) groups is 1. The third-order valence-corrected chi connectivity index (χ3v) is 8.02. The maximum atomic E-state index is 13.9. The second-order valence-electron chi connectivity index (χ2n) is 9.86. The van der Waals surface area contributed by atoms with Gasteiger partial charge in [0.1, 0.15) is 11.6 Å². The number of amides is 1.